The summed E-state index contributed by atoms with van der Waals surface area (Å²) in [6.45, 7) is 2.62. The zero-order chi connectivity index (χ0) is 22.9. The van der Waals surface area contributed by atoms with E-state index < -0.39 is 30.2 Å². The van der Waals surface area contributed by atoms with Crippen molar-refractivity contribution in [1.29, 1.82) is 0 Å². The number of aliphatic imine (C=N–C) groups is 1. The van der Waals surface area contributed by atoms with E-state index in [1.165, 1.54) is 18.2 Å². The average molecular weight is 447 g/mol. The van der Waals surface area contributed by atoms with Crippen LogP contribution in [0.25, 0.3) is 0 Å². The summed E-state index contributed by atoms with van der Waals surface area (Å²) in [7, 11) is 0. The molecule has 1 aromatic heterocycles. The Labute approximate surface area is 183 Å². The molecule has 1 amide bonds. The van der Waals surface area contributed by atoms with Gasteiger partial charge in [0.25, 0.3) is 11.9 Å². The van der Waals surface area contributed by atoms with Crippen molar-refractivity contribution in [2.45, 2.75) is 50.5 Å². The normalized spacial score (nSPS) is 27.0. The molecule has 1 aromatic carbocycles. The van der Waals surface area contributed by atoms with Gasteiger partial charge in [0.05, 0.1) is 18.5 Å². The molecule has 2 aromatic rings. The Bertz CT molecular complexity index is 1040. The van der Waals surface area contributed by atoms with Gasteiger partial charge in [-0.15, -0.1) is 0 Å². The molecule has 32 heavy (non-hydrogen) atoms. The highest BCUT2D eigenvalue weighted by molar-refractivity contribution is 6.02. The lowest BCUT2D eigenvalue weighted by Gasteiger charge is -2.46. The lowest BCUT2D eigenvalue weighted by Crippen LogP contribution is -2.56. The first-order valence-corrected chi connectivity index (χ1v) is 10.1. The van der Waals surface area contributed by atoms with Crippen LogP contribution in [0.5, 0.6) is 5.88 Å². The highest BCUT2D eigenvalue weighted by atomic mass is 19.1. The maximum Gasteiger partial charge on any atom is 0.283 e. The van der Waals surface area contributed by atoms with Crippen molar-refractivity contribution in [2.75, 3.05) is 12.2 Å². The number of amidine groups is 1. The van der Waals surface area contributed by atoms with Crippen molar-refractivity contribution in [2.24, 2.45) is 10.7 Å². The molecule has 4 rings (SSSR count). The molecule has 0 saturated carbocycles. The molecule has 170 valence electrons. The summed E-state index contributed by atoms with van der Waals surface area (Å²) in [5.41, 5.74) is 5.25. The molecule has 0 spiro atoms. The maximum absolute atomic E-state index is 15.0. The van der Waals surface area contributed by atoms with Gasteiger partial charge in [0.1, 0.15) is 29.3 Å². The Kier molecular flexibility index (Phi) is 5.92. The molecule has 4 atom stereocenters. The Morgan fingerprint density at radius 2 is 2.16 bits per heavy atom. The number of alkyl halides is 1. The standard InChI is InChI=1S/C21H23F2N5O4/c1-11-3-6-16-18(31-11)21(2,28-20(24)32-16)13-7-12(4-5-14(13)23)27-19(29)15-8-26-17(9-25-15)30-10-22/h4-5,7-9,11,16,18H,3,6,10H2,1-2H3,(H2,24,28)(H,27,29)/t11-,16-,18+,21-/m1/s1. The van der Waals surface area contributed by atoms with Gasteiger partial charge in [0.2, 0.25) is 12.7 Å². The molecule has 0 bridgehead atoms. The number of halogens is 2. The maximum atomic E-state index is 15.0. The number of nitrogens with zero attached hydrogens (tertiary/aromatic N) is 3. The van der Waals surface area contributed by atoms with E-state index in [1.807, 2.05) is 6.92 Å². The number of rotatable bonds is 5. The first-order valence-electron chi connectivity index (χ1n) is 10.1. The van der Waals surface area contributed by atoms with Crippen molar-refractivity contribution < 1.29 is 27.8 Å². The monoisotopic (exact) mass is 447 g/mol. The van der Waals surface area contributed by atoms with E-state index in [1.54, 1.807) is 6.92 Å². The summed E-state index contributed by atoms with van der Waals surface area (Å²) >= 11 is 0. The van der Waals surface area contributed by atoms with Gasteiger partial charge < -0.3 is 25.3 Å². The number of carbonyl (C=O) groups is 1. The number of ether oxygens (including phenoxy) is 3. The number of nitrogens with one attached hydrogen (secondary N) is 1. The van der Waals surface area contributed by atoms with E-state index >= 15 is 0 Å². The molecule has 3 N–H and O–H groups in total. The fraction of sp³-hybridized carbons (Fsp3) is 0.429. The highest BCUT2D eigenvalue weighted by Gasteiger charge is 2.50. The molecular weight excluding hydrogens is 424 g/mol. The van der Waals surface area contributed by atoms with Crippen molar-refractivity contribution in [3.63, 3.8) is 0 Å². The van der Waals surface area contributed by atoms with Crippen molar-refractivity contribution >= 4 is 17.6 Å². The van der Waals surface area contributed by atoms with E-state index in [2.05, 4.69) is 25.0 Å². The Morgan fingerprint density at radius 1 is 1.34 bits per heavy atom. The summed E-state index contributed by atoms with van der Waals surface area (Å²) < 4.78 is 43.5. The van der Waals surface area contributed by atoms with Crippen LogP contribution in [-0.2, 0) is 15.0 Å². The first kappa shape index (κ1) is 21.9. The van der Waals surface area contributed by atoms with E-state index in [-0.39, 0.29) is 35.4 Å². The van der Waals surface area contributed by atoms with Gasteiger partial charge in [-0.25, -0.2) is 23.7 Å². The Balaban J connectivity index is 1.62. The zero-order valence-corrected chi connectivity index (χ0v) is 17.5. The van der Waals surface area contributed by atoms with Crippen LogP contribution in [0.2, 0.25) is 0 Å². The molecule has 1 fully saturated rings. The van der Waals surface area contributed by atoms with E-state index in [4.69, 9.17) is 15.2 Å². The van der Waals surface area contributed by atoms with Crippen LogP contribution >= 0.6 is 0 Å². The number of fused-ring (bicyclic) bond motifs is 1. The number of anilines is 1. The van der Waals surface area contributed by atoms with Crippen LogP contribution < -0.4 is 15.8 Å². The number of aromatic nitrogens is 2. The van der Waals surface area contributed by atoms with Gasteiger partial charge in [-0.2, -0.15) is 0 Å². The topological polar surface area (TPSA) is 121 Å². The largest absolute Gasteiger partial charge is 0.459 e. The first-order chi connectivity index (χ1) is 15.3. The van der Waals surface area contributed by atoms with Gasteiger partial charge in [-0.05, 0) is 44.9 Å². The number of nitrogens with two attached hydrogens (primary N) is 1. The lowest BCUT2D eigenvalue weighted by atomic mass is 9.80. The fourth-order valence-electron chi connectivity index (χ4n) is 4.01. The second-order valence-electron chi connectivity index (χ2n) is 7.84. The minimum absolute atomic E-state index is 0.0221. The van der Waals surface area contributed by atoms with Gasteiger partial charge in [-0.1, -0.05) is 0 Å². The molecule has 1 saturated heterocycles. The van der Waals surface area contributed by atoms with Crippen LogP contribution in [0.4, 0.5) is 14.5 Å². The predicted molar refractivity (Wildman–Crippen MR) is 110 cm³/mol. The van der Waals surface area contributed by atoms with Crippen LogP contribution in [0.1, 0.15) is 42.7 Å². The molecular formula is C21H23F2N5O4. The molecule has 0 unspecified atom stereocenters. The Hall–Kier alpha value is -3.34. The average Bonchev–Trinajstić information content (AvgIpc) is 2.76. The van der Waals surface area contributed by atoms with Crippen molar-refractivity contribution in [3.8, 4) is 5.88 Å². The smallest absolute Gasteiger partial charge is 0.283 e. The highest BCUT2D eigenvalue weighted by Crippen LogP contribution is 2.42. The predicted octanol–water partition coefficient (Wildman–Crippen LogP) is 2.67. The Morgan fingerprint density at radius 3 is 2.88 bits per heavy atom. The van der Waals surface area contributed by atoms with E-state index in [9.17, 15) is 13.6 Å². The number of carbonyl (C=O) groups excluding carboxylic acids is 1. The molecule has 0 aliphatic carbocycles. The van der Waals surface area contributed by atoms with Gasteiger partial charge >= 0.3 is 0 Å². The fourth-order valence-corrected chi connectivity index (χ4v) is 4.01. The molecule has 11 heteroatoms. The number of amides is 1. The van der Waals surface area contributed by atoms with Crippen molar-refractivity contribution in [3.05, 3.63) is 47.7 Å². The molecule has 9 nitrogen and oxygen atoms in total. The molecule has 2 aliphatic rings. The number of hydrogen-bond acceptors (Lipinski definition) is 8. The third kappa shape index (κ3) is 4.20. The summed E-state index contributed by atoms with van der Waals surface area (Å²) in [6.07, 6.45) is 2.84. The summed E-state index contributed by atoms with van der Waals surface area (Å²) in [5, 5.41) is 2.65. The van der Waals surface area contributed by atoms with Crippen molar-refractivity contribution in [1.82, 2.24) is 9.97 Å². The molecule has 2 aliphatic heterocycles. The zero-order valence-electron chi connectivity index (χ0n) is 17.5. The van der Waals surface area contributed by atoms with Gasteiger partial charge in [0.15, 0.2) is 0 Å². The van der Waals surface area contributed by atoms with E-state index in [0.29, 0.717) is 12.1 Å². The summed E-state index contributed by atoms with van der Waals surface area (Å²) in [4.78, 5) is 24.6. The van der Waals surface area contributed by atoms with Crippen LogP contribution in [0.15, 0.2) is 35.6 Å². The van der Waals surface area contributed by atoms with Gasteiger partial charge in [0, 0.05) is 11.3 Å². The summed E-state index contributed by atoms with van der Waals surface area (Å²) in [6, 6.07) is 4.11. The second-order valence-corrected chi connectivity index (χ2v) is 7.84. The number of benzene rings is 1. The minimum Gasteiger partial charge on any atom is -0.459 e. The third-order valence-electron chi connectivity index (χ3n) is 5.58. The van der Waals surface area contributed by atoms with E-state index in [0.717, 1.165) is 18.8 Å². The van der Waals surface area contributed by atoms with Crippen LogP contribution in [0.3, 0.4) is 0 Å². The quantitative estimate of drug-likeness (QED) is 0.723. The minimum atomic E-state index is -1.16. The summed E-state index contributed by atoms with van der Waals surface area (Å²) in [5.74, 6) is -1.15. The SMILES string of the molecule is C[C@@H]1CC[C@H]2OC(N)=N[C@](C)(c3cc(NC(=O)c4cnc(OCF)cn4)ccc3F)[C@H]2O1. The number of hydrogen-bond donors (Lipinski definition) is 2. The van der Waals surface area contributed by atoms with Crippen LogP contribution in [0, 0.1) is 5.82 Å². The second kappa shape index (κ2) is 8.65. The third-order valence-corrected chi connectivity index (χ3v) is 5.58. The lowest BCUT2D eigenvalue weighted by molar-refractivity contribution is -0.145. The van der Waals surface area contributed by atoms with Crippen LogP contribution in [-0.4, -0.2) is 47.1 Å². The molecule has 3 heterocycles. The van der Waals surface area contributed by atoms with Gasteiger partial charge in [-0.3, -0.25) is 4.79 Å². The molecule has 0 radical (unpaired) electrons.